The molecule has 1 aromatic carbocycles. The summed E-state index contributed by atoms with van der Waals surface area (Å²) in [6.45, 7) is 3.35. The van der Waals surface area contributed by atoms with Crippen molar-refractivity contribution in [2.45, 2.75) is 11.4 Å². The van der Waals surface area contributed by atoms with Gasteiger partial charge in [-0.3, -0.25) is 0 Å². The van der Waals surface area contributed by atoms with Crippen molar-refractivity contribution in [2.75, 3.05) is 40.3 Å². The van der Waals surface area contributed by atoms with Gasteiger partial charge in [0.15, 0.2) is 0 Å². The summed E-state index contributed by atoms with van der Waals surface area (Å²) in [6.07, 6.45) is 0. The van der Waals surface area contributed by atoms with Gasteiger partial charge in [-0.05, 0) is 47.7 Å². The van der Waals surface area contributed by atoms with Gasteiger partial charge in [0.25, 0.3) is 0 Å². The lowest BCUT2D eigenvalue weighted by atomic mass is 10.2. The molecule has 20 heavy (non-hydrogen) atoms. The molecule has 0 spiro atoms. The van der Waals surface area contributed by atoms with Gasteiger partial charge in [-0.25, -0.2) is 8.42 Å². The number of rotatable bonds is 4. The van der Waals surface area contributed by atoms with Gasteiger partial charge in [-0.1, -0.05) is 6.07 Å². The maximum absolute atomic E-state index is 12.6. The predicted molar refractivity (Wildman–Crippen MR) is 83.2 cm³/mol. The lowest BCUT2D eigenvalue weighted by Crippen LogP contribution is -2.47. The molecule has 0 aromatic heterocycles. The number of nitrogens with one attached hydrogen (secondary N) is 1. The molecule has 0 radical (unpaired) electrons. The molecule has 0 amide bonds. The van der Waals surface area contributed by atoms with E-state index in [1.807, 2.05) is 26.2 Å². The first kappa shape index (κ1) is 15.9. The lowest BCUT2D eigenvalue weighted by Gasteiger charge is -2.31. The van der Waals surface area contributed by atoms with Gasteiger partial charge >= 0.3 is 0 Å². The zero-order chi connectivity index (χ0) is 14.8. The van der Waals surface area contributed by atoms with Crippen LogP contribution in [0.15, 0.2) is 27.6 Å². The normalized spacial score (nSPS) is 18.4. The van der Waals surface area contributed by atoms with Crippen molar-refractivity contribution in [3.63, 3.8) is 0 Å². The van der Waals surface area contributed by atoms with Crippen molar-refractivity contribution in [2.24, 2.45) is 0 Å². The maximum Gasteiger partial charge on any atom is 0.244 e. The third kappa shape index (κ3) is 3.40. The Balaban J connectivity index is 2.25. The zero-order valence-corrected chi connectivity index (χ0v) is 14.2. The Bertz CT molecular complexity index is 569. The Morgan fingerprint density at radius 3 is 2.45 bits per heavy atom. The highest BCUT2D eigenvalue weighted by molar-refractivity contribution is 9.10. The number of piperazine rings is 1. The minimum atomic E-state index is -3.41. The monoisotopic (exact) mass is 361 g/mol. The summed E-state index contributed by atoms with van der Waals surface area (Å²) in [5.41, 5.74) is 1.05. The molecule has 1 N–H and O–H groups in total. The first-order valence-electron chi connectivity index (χ1n) is 6.57. The maximum atomic E-state index is 12.6. The Hall–Kier alpha value is -0.470. The van der Waals surface area contributed by atoms with E-state index in [1.165, 1.54) is 0 Å². The zero-order valence-electron chi connectivity index (χ0n) is 11.8. The number of hydrogen-bond acceptors (Lipinski definition) is 4. The van der Waals surface area contributed by atoms with Gasteiger partial charge in [0.05, 0.1) is 4.90 Å². The van der Waals surface area contributed by atoms with E-state index in [0.717, 1.165) is 18.7 Å². The first-order valence-corrected chi connectivity index (χ1v) is 8.80. The summed E-state index contributed by atoms with van der Waals surface area (Å²) in [7, 11) is 0.462. The number of likely N-dealkylation sites (N-methyl/N-ethyl adjacent to an activating group) is 1. The van der Waals surface area contributed by atoms with E-state index in [0.29, 0.717) is 29.0 Å². The van der Waals surface area contributed by atoms with E-state index in [4.69, 9.17) is 0 Å². The van der Waals surface area contributed by atoms with Crippen LogP contribution in [0.25, 0.3) is 0 Å². The van der Waals surface area contributed by atoms with Crippen molar-refractivity contribution in [1.82, 2.24) is 14.5 Å². The van der Waals surface area contributed by atoms with Crippen LogP contribution in [0.3, 0.4) is 0 Å². The highest BCUT2D eigenvalue weighted by atomic mass is 79.9. The SMILES string of the molecule is CNCc1ccc(S(=O)(=O)N2CCN(C)CC2)c(Br)c1. The predicted octanol–water partition coefficient (Wildman–Crippen LogP) is 1.10. The molecule has 0 bridgehead atoms. The van der Waals surface area contributed by atoms with Crippen molar-refractivity contribution in [3.8, 4) is 0 Å². The number of halogens is 1. The minimum absolute atomic E-state index is 0.349. The fraction of sp³-hybridized carbons (Fsp3) is 0.538. The van der Waals surface area contributed by atoms with Gasteiger partial charge in [0, 0.05) is 37.2 Å². The molecule has 1 saturated heterocycles. The van der Waals surface area contributed by atoms with Crippen LogP contribution in [0.1, 0.15) is 5.56 Å². The number of hydrogen-bond donors (Lipinski definition) is 1. The Morgan fingerprint density at radius 1 is 1.25 bits per heavy atom. The highest BCUT2D eigenvalue weighted by Crippen LogP contribution is 2.26. The molecule has 112 valence electrons. The third-order valence-corrected chi connectivity index (χ3v) is 6.33. The molecule has 5 nitrogen and oxygen atoms in total. The molecule has 1 aliphatic rings. The average molecular weight is 362 g/mol. The van der Waals surface area contributed by atoms with E-state index in [9.17, 15) is 8.42 Å². The molecule has 0 saturated carbocycles. The Morgan fingerprint density at radius 2 is 1.90 bits per heavy atom. The third-order valence-electron chi connectivity index (χ3n) is 3.46. The molecule has 1 fully saturated rings. The van der Waals surface area contributed by atoms with Crippen molar-refractivity contribution < 1.29 is 8.42 Å². The largest absolute Gasteiger partial charge is 0.316 e. The molecular formula is C13H20BrN3O2S. The Kier molecular flexibility index (Phi) is 5.19. The van der Waals surface area contributed by atoms with Crippen LogP contribution in [0.5, 0.6) is 0 Å². The van der Waals surface area contributed by atoms with E-state index in [-0.39, 0.29) is 0 Å². The van der Waals surface area contributed by atoms with Crippen LogP contribution in [0, 0.1) is 0 Å². The molecule has 0 atom stereocenters. The average Bonchev–Trinajstić information content (AvgIpc) is 2.39. The van der Waals surface area contributed by atoms with Gasteiger partial charge < -0.3 is 10.2 Å². The molecule has 1 aromatic rings. The number of benzene rings is 1. The fourth-order valence-corrected chi connectivity index (χ4v) is 4.74. The van der Waals surface area contributed by atoms with Crippen LogP contribution in [0.2, 0.25) is 0 Å². The quantitative estimate of drug-likeness (QED) is 0.872. The van der Waals surface area contributed by atoms with Crippen LogP contribution in [-0.2, 0) is 16.6 Å². The fourth-order valence-electron chi connectivity index (χ4n) is 2.24. The van der Waals surface area contributed by atoms with Crippen molar-refractivity contribution in [3.05, 3.63) is 28.2 Å². The first-order chi connectivity index (χ1) is 9.45. The van der Waals surface area contributed by atoms with Gasteiger partial charge in [-0.2, -0.15) is 4.31 Å². The van der Waals surface area contributed by atoms with Crippen LogP contribution in [-0.4, -0.2) is 57.9 Å². The Labute approximate surface area is 129 Å². The summed E-state index contributed by atoms with van der Waals surface area (Å²) < 4.78 is 27.5. The van der Waals surface area contributed by atoms with Crippen LogP contribution < -0.4 is 5.32 Å². The smallest absolute Gasteiger partial charge is 0.244 e. The van der Waals surface area contributed by atoms with E-state index < -0.39 is 10.0 Å². The number of sulfonamides is 1. The summed E-state index contributed by atoms with van der Waals surface area (Å²) in [4.78, 5) is 2.48. The second-order valence-corrected chi connectivity index (χ2v) is 7.76. The molecule has 2 rings (SSSR count). The molecule has 0 aliphatic carbocycles. The minimum Gasteiger partial charge on any atom is -0.316 e. The summed E-state index contributed by atoms with van der Waals surface area (Å²) >= 11 is 3.39. The van der Waals surface area contributed by atoms with Gasteiger partial charge in [0.2, 0.25) is 10.0 Å². The second-order valence-electron chi connectivity index (χ2n) is 5.00. The summed E-state index contributed by atoms with van der Waals surface area (Å²) in [5.74, 6) is 0. The van der Waals surface area contributed by atoms with E-state index in [2.05, 4.69) is 26.1 Å². The summed E-state index contributed by atoms with van der Waals surface area (Å²) in [5, 5.41) is 3.05. The van der Waals surface area contributed by atoms with Gasteiger partial charge in [0.1, 0.15) is 0 Å². The molecule has 0 unspecified atom stereocenters. The molecule has 1 aliphatic heterocycles. The van der Waals surface area contributed by atoms with E-state index in [1.54, 1.807) is 10.4 Å². The topological polar surface area (TPSA) is 52.7 Å². The van der Waals surface area contributed by atoms with Crippen molar-refractivity contribution >= 4 is 26.0 Å². The van der Waals surface area contributed by atoms with E-state index >= 15 is 0 Å². The highest BCUT2D eigenvalue weighted by Gasteiger charge is 2.28. The van der Waals surface area contributed by atoms with Crippen LogP contribution >= 0.6 is 15.9 Å². The lowest BCUT2D eigenvalue weighted by molar-refractivity contribution is 0.222. The number of nitrogens with zero attached hydrogens (tertiary/aromatic N) is 2. The molecule has 1 heterocycles. The summed E-state index contributed by atoms with van der Waals surface area (Å²) in [6, 6.07) is 5.40. The van der Waals surface area contributed by atoms with Crippen molar-refractivity contribution in [1.29, 1.82) is 0 Å². The molecular weight excluding hydrogens is 342 g/mol. The van der Waals surface area contributed by atoms with Gasteiger partial charge in [-0.15, -0.1) is 0 Å². The second kappa shape index (κ2) is 6.53. The standard InChI is InChI=1S/C13H20BrN3O2S/c1-15-10-11-3-4-13(12(14)9-11)20(18,19)17-7-5-16(2)6-8-17/h3-4,9,15H,5-8,10H2,1-2H3. The molecule has 7 heteroatoms. The van der Waals surface area contributed by atoms with Crippen LogP contribution in [0.4, 0.5) is 0 Å².